The van der Waals surface area contributed by atoms with Crippen molar-refractivity contribution < 1.29 is 14.1 Å². The van der Waals surface area contributed by atoms with Crippen LogP contribution in [-0.2, 0) is 14.1 Å². The monoisotopic (exact) mass is 357 g/mol. The van der Waals surface area contributed by atoms with Crippen molar-refractivity contribution in [2.45, 2.75) is 52.7 Å². The highest BCUT2D eigenvalue weighted by atomic mass is 32.2. The molecule has 1 aliphatic rings. The van der Waals surface area contributed by atoms with Gasteiger partial charge in [0.05, 0.1) is 22.8 Å². The van der Waals surface area contributed by atoms with Crippen molar-refractivity contribution >= 4 is 30.1 Å². The van der Waals surface area contributed by atoms with E-state index in [1.165, 1.54) is 11.8 Å². The standard InChI is InChI=1S/C19H24BNO3S/c1-13-9-15(7-8-16(13)11-21)10-17(12-25-14(2)22)20-23-18(3,4)19(5,6)24-20/h7-10H,12H2,1-6H3. The third kappa shape index (κ3) is 4.55. The molecule has 0 saturated carbocycles. The highest BCUT2D eigenvalue weighted by Crippen LogP contribution is 2.39. The van der Waals surface area contributed by atoms with Crippen LogP contribution in [-0.4, -0.2) is 29.2 Å². The van der Waals surface area contributed by atoms with Crippen molar-refractivity contribution in [3.8, 4) is 6.07 Å². The molecule has 1 aromatic rings. The van der Waals surface area contributed by atoms with E-state index in [-0.39, 0.29) is 5.12 Å². The van der Waals surface area contributed by atoms with Crippen LogP contribution < -0.4 is 0 Å². The van der Waals surface area contributed by atoms with Gasteiger partial charge in [-0.15, -0.1) is 0 Å². The normalized spacial score (nSPS) is 18.9. The zero-order valence-electron chi connectivity index (χ0n) is 15.7. The molecule has 0 aliphatic carbocycles. The Bertz CT molecular complexity index is 734. The maximum absolute atomic E-state index is 11.4. The molecular formula is C19H24BNO3S. The van der Waals surface area contributed by atoms with Crippen LogP contribution in [0.25, 0.3) is 6.08 Å². The van der Waals surface area contributed by atoms with E-state index in [9.17, 15) is 4.79 Å². The molecule has 0 spiro atoms. The largest absolute Gasteiger partial charge is 0.491 e. The Hall–Kier alpha value is -1.55. The minimum Gasteiger partial charge on any atom is -0.400 e. The van der Waals surface area contributed by atoms with E-state index < -0.39 is 18.3 Å². The van der Waals surface area contributed by atoms with Crippen molar-refractivity contribution in [2.75, 3.05) is 5.75 Å². The number of carbonyl (C=O) groups is 1. The van der Waals surface area contributed by atoms with Gasteiger partial charge in [0.15, 0.2) is 5.12 Å². The molecule has 1 aromatic carbocycles. The Kier molecular flexibility index (Phi) is 5.83. The lowest BCUT2D eigenvalue weighted by Crippen LogP contribution is -2.41. The number of rotatable bonds is 4. The Morgan fingerprint density at radius 2 is 1.88 bits per heavy atom. The fourth-order valence-electron chi connectivity index (χ4n) is 2.47. The summed E-state index contributed by atoms with van der Waals surface area (Å²) in [5.41, 5.74) is 2.58. The average Bonchev–Trinajstić information content (AvgIpc) is 2.71. The first-order chi connectivity index (χ1) is 11.6. The van der Waals surface area contributed by atoms with Crippen molar-refractivity contribution in [3.05, 3.63) is 40.4 Å². The lowest BCUT2D eigenvalue weighted by atomic mass is 9.78. The van der Waals surface area contributed by atoms with Crippen molar-refractivity contribution in [3.63, 3.8) is 0 Å². The van der Waals surface area contributed by atoms with Gasteiger partial charge >= 0.3 is 7.12 Å². The van der Waals surface area contributed by atoms with E-state index in [0.717, 1.165) is 16.6 Å². The first kappa shape index (κ1) is 19.8. The summed E-state index contributed by atoms with van der Waals surface area (Å²) in [7, 11) is -0.493. The quantitative estimate of drug-likeness (QED) is 0.758. The lowest BCUT2D eigenvalue weighted by Gasteiger charge is -2.32. The predicted molar refractivity (Wildman–Crippen MR) is 103 cm³/mol. The molecule has 4 nitrogen and oxygen atoms in total. The number of nitrogens with zero attached hydrogens (tertiary/aromatic N) is 1. The second kappa shape index (κ2) is 7.37. The summed E-state index contributed by atoms with van der Waals surface area (Å²) in [4.78, 5) is 11.4. The number of thioether (sulfide) groups is 1. The summed E-state index contributed by atoms with van der Waals surface area (Å²) >= 11 is 1.24. The summed E-state index contributed by atoms with van der Waals surface area (Å²) in [5, 5.41) is 9.13. The van der Waals surface area contributed by atoms with Crippen molar-refractivity contribution in [1.29, 1.82) is 5.26 Å². The van der Waals surface area contributed by atoms with Gasteiger partial charge in [-0.1, -0.05) is 30.0 Å². The minimum atomic E-state index is -0.493. The first-order valence-electron chi connectivity index (χ1n) is 8.26. The first-order valence-corrected chi connectivity index (χ1v) is 9.24. The van der Waals surface area contributed by atoms with Gasteiger partial charge in [0.2, 0.25) is 0 Å². The van der Waals surface area contributed by atoms with Gasteiger partial charge < -0.3 is 9.31 Å². The summed E-state index contributed by atoms with van der Waals surface area (Å²) < 4.78 is 12.3. The molecule has 0 amide bonds. The number of carbonyl (C=O) groups excluding carboxylic acids is 1. The second-order valence-corrected chi connectivity index (χ2v) is 8.43. The van der Waals surface area contributed by atoms with Gasteiger partial charge in [0, 0.05) is 12.7 Å². The molecule has 6 heteroatoms. The number of benzene rings is 1. The van der Waals surface area contributed by atoms with Crippen LogP contribution in [0.3, 0.4) is 0 Å². The van der Waals surface area contributed by atoms with Gasteiger partial charge in [0.1, 0.15) is 0 Å². The van der Waals surface area contributed by atoms with Crippen molar-refractivity contribution in [1.82, 2.24) is 0 Å². The van der Waals surface area contributed by atoms with Crippen LogP contribution in [0.2, 0.25) is 0 Å². The van der Waals surface area contributed by atoms with Gasteiger partial charge in [0.25, 0.3) is 0 Å². The summed E-state index contributed by atoms with van der Waals surface area (Å²) in [6.45, 7) is 11.5. The van der Waals surface area contributed by atoms with E-state index >= 15 is 0 Å². The molecule has 0 aromatic heterocycles. The lowest BCUT2D eigenvalue weighted by molar-refractivity contribution is -0.109. The minimum absolute atomic E-state index is 0.0541. The number of aryl methyl sites for hydroxylation is 1. The van der Waals surface area contributed by atoms with Crippen LogP contribution in [0, 0.1) is 18.3 Å². The van der Waals surface area contributed by atoms with E-state index in [0.29, 0.717) is 11.3 Å². The Labute approximate surface area is 154 Å². The average molecular weight is 357 g/mol. The van der Waals surface area contributed by atoms with E-state index in [2.05, 4.69) is 6.07 Å². The molecule has 132 valence electrons. The molecule has 2 rings (SSSR count). The number of hydrogen-bond acceptors (Lipinski definition) is 5. The van der Waals surface area contributed by atoms with Gasteiger partial charge in [-0.3, -0.25) is 4.79 Å². The van der Waals surface area contributed by atoms with Crippen LogP contribution in [0.4, 0.5) is 0 Å². The van der Waals surface area contributed by atoms with Crippen molar-refractivity contribution in [2.24, 2.45) is 0 Å². The maximum atomic E-state index is 11.4. The molecule has 25 heavy (non-hydrogen) atoms. The predicted octanol–water partition coefficient (Wildman–Crippen LogP) is 4.16. The summed E-state index contributed by atoms with van der Waals surface area (Å²) in [5.74, 6) is 0.505. The van der Waals surface area contributed by atoms with Gasteiger partial charge in [-0.05, 0) is 57.3 Å². The molecule has 1 aliphatic heterocycles. The second-order valence-electron chi connectivity index (χ2n) is 7.27. The fraction of sp³-hybridized carbons (Fsp3) is 0.474. The topological polar surface area (TPSA) is 59.3 Å². The molecule has 0 N–H and O–H groups in total. The number of nitriles is 1. The third-order valence-electron chi connectivity index (χ3n) is 4.72. The summed E-state index contributed by atoms with van der Waals surface area (Å²) in [6.07, 6.45) is 1.99. The summed E-state index contributed by atoms with van der Waals surface area (Å²) in [6, 6.07) is 7.84. The zero-order chi connectivity index (χ0) is 18.8. The molecule has 0 unspecified atom stereocenters. The Balaban J connectivity index is 2.35. The highest BCUT2D eigenvalue weighted by Gasteiger charge is 2.52. The molecule has 0 radical (unpaired) electrons. The maximum Gasteiger partial charge on any atom is 0.491 e. The molecular weight excluding hydrogens is 333 g/mol. The van der Waals surface area contributed by atoms with E-state index in [1.54, 1.807) is 13.0 Å². The Morgan fingerprint density at radius 1 is 1.28 bits per heavy atom. The molecule has 1 saturated heterocycles. The zero-order valence-corrected chi connectivity index (χ0v) is 16.5. The highest BCUT2D eigenvalue weighted by molar-refractivity contribution is 8.13. The van der Waals surface area contributed by atoms with Crippen LogP contribution in [0.15, 0.2) is 23.7 Å². The van der Waals surface area contributed by atoms with Crippen LogP contribution in [0.1, 0.15) is 51.3 Å². The van der Waals surface area contributed by atoms with E-state index in [4.69, 9.17) is 14.6 Å². The SMILES string of the molecule is CC(=O)SCC(=Cc1ccc(C#N)c(C)c1)B1OC(C)(C)C(C)(C)O1. The molecule has 1 heterocycles. The van der Waals surface area contributed by atoms with E-state index in [1.807, 2.05) is 52.8 Å². The van der Waals surface area contributed by atoms with Crippen LogP contribution in [0.5, 0.6) is 0 Å². The Morgan fingerprint density at radius 3 is 2.36 bits per heavy atom. The molecule has 0 atom stereocenters. The number of hydrogen-bond donors (Lipinski definition) is 0. The molecule has 0 bridgehead atoms. The van der Waals surface area contributed by atoms with Gasteiger partial charge in [-0.2, -0.15) is 5.26 Å². The molecule has 1 fully saturated rings. The third-order valence-corrected chi connectivity index (χ3v) is 5.61. The van der Waals surface area contributed by atoms with Crippen LogP contribution >= 0.6 is 11.8 Å². The fourth-order valence-corrected chi connectivity index (χ4v) is 3.06. The van der Waals surface area contributed by atoms with Gasteiger partial charge in [-0.25, -0.2) is 0 Å². The smallest absolute Gasteiger partial charge is 0.400 e.